The second kappa shape index (κ2) is 14.7. The zero-order chi connectivity index (χ0) is 29.8. The molecule has 216 valence electrons. The molecule has 0 bridgehead atoms. The number of carbonyl (C=O) groups excluding carboxylic acids is 3. The van der Waals surface area contributed by atoms with Crippen LogP contribution >= 0.6 is 0 Å². The number of rotatable bonds is 13. The Kier molecular flexibility index (Phi) is 10.8. The highest BCUT2D eigenvalue weighted by atomic mass is 16.4. The highest BCUT2D eigenvalue weighted by Crippen LogP contribution is 2.24. The number of nitrogens with zero attached hydrogens (tertiary/aromatic N) is 1. The van der Waals surface area contributed by atoms with Gasteiger partial charge in [-0.1, -0.05) is 60.7 Å². The lowest BCUT2D eigenvalue weighted by molar-refractivity contribution is -0.138. The standard InChI is InChI=1S/C28H34N8O5/c29-26(30)32-14-4-9-23(25(39)33-16-24(37)38)36(17-19-12-10-18(11-13-19)15-34-27(31)40)28(41)35-22-8-3-6-20-5-1-2-7-21(20)22/h1-3,5-8,10-13,23H,4,9,14-17H2,(H,33,39)(H,35,41)(H,37,38)(H4,29,30,32)(H3,31,34,40)/t23-/m1/s1. The van der Waals surface area contributed by atoms with Gasteiger partial charge in [-0.25, -0.2) is 9.59 Å². The third-order valence-corrected chi connectivity index (χ3v) is 6.20. The molecule has 0 heterocycles. The predicted octanol–water partition coefficient (Wildman–Crippen LogP) is 1.87. The number of carbonyl (C=O) groups is 4. The van der Waals surface area contributed by atoms with Crippen LogP contribution in [0, 0.1) is 5.41 Å². The van der Waals surface area contributed by atoms with Gasteiger partial charge in [-0.2, -0.15) is 0 Å². The number of urea groups is 2. The molecule has 0 radical (unpaired) electrons. The normalized spacial score (nSPS) is 11.2. The minimum absolute atomic E-state index is 0.0193. The zero-order valence-electron chi connectivity index (χ0n) is 22.4. The van der Waals surface area contributed by atoms with Crippen molar-refractivity contribution in [2.24, 2.45) is 11.5 Å². The summed E-state index contributed by atoms with van der Waals surface area (Å²) in [5, 5.41) is 28.7. The quantitative estimate of drug-likeness (QED) is 0.0878. The number of guanidine groups is 1. The Balaban J connectivity index is 1.92. The van der Waals surface area contributed by atoms with E-state index < -0.39 is 36.5 Å². The molecule has 3 aromatic rings. The van der Waals surface area contributed by atoms with Gasteiger partial charge >= 0.3 is 18.0 Å². The molecule has 0 aliphatic rings. The monoisotopic (exact) mass is 562 g/mol. The van der Waals surface area contributed by atoms with Crippen molar-refractivity contribution in [3.8, 4) is 0 Å². The SMILES string of the molecule is N=C(N)NCCC[C@H](C(=O)NCC(=O)O)N(Cc1ccc(CNC(N)=O)cc1)C(=O)Nc1cccc2ccccc12. The number of nitrogens with one attached hydrogen (secondary N) is 5. The Hall–Kier alpha value is -5.33. The van der Waals surface area contributed by atoms with E-state index in [2.05, 4.69) is 21.3 Å². The lowest BCUT2D eigenvalue weighted by atomic mass is 10.1. The summed E-state index contributed by atoms with van der Waals surface area (Å²) >= 11 is 0. The van der Waals surface area contributed by atoms with Crippen LogP contribution in [0.25, 0.3) is 10.8 Å². The molecule has 5 amide bonds. The Labute approximate surface area is 236 Å². The Morgan fingerprint density at radius 2 is 1.56 bits per heavy atom. The fourth-order valence-corrected chi connectivity index (χ4v) is 4.22. The summed E-state index contributed by atoms with van der Waals surface area (Å²) in [5.74, 6) is -2.08. The molecule has 0 aromatic heterocycles. The van der Waals surface area contributed by atoms with Gasteiger partial charge in [0, 0.05) is 25.0 Å². The van der Waals surface area contributed by atoms with Crippen molar-refractivity contribution in [2.75, 3.05) is 18.4 Å². The van der Waals surface area contributed by atoms with Crippen LogP contribution in [0.3, 0.4) is 0 Å². The molecule has 0 fully saturated rings. The molecule has 3 rings (SSSR count). The van der Waals surface area contributed by atoms with Crippen LogP contribution < -0.4 is 32.7 Å². The summed E-state index contributed by atoms with van der Waals surface area (Å²) in [6, 6.07) is 17.8. The minimum Gasteiger partial charge on any atom is -0.480 e. The fourth-order valence-electron chi connectivity index (χ4n) is 4.22. The molecule has 41 heavy (non-hydrogen) atoms. The first-order chi connectivity index (χ1) is 19.6. The molecule has 0 spiro atoms. The number of carboxylic acids is 1. The average Bonchev–Trinajstić information content (AvgIpc) is 2.94. The van der Waals surface area contributed by atoms with E-state index in [0.717, 1.165) is 16.3 Å². The minimum atomic E-state index is -1.22. The van der Waals surface area contributed by atoms with E-state index in [0.29, 0.717) is 17.7 Å². The molecular weight excluding hydrogens is 528 g/mol. The first-order valence-corrected chi connectivity index (χ1v) is 12.9. The van der Waals surface area contributed by atoms with Crippen LogP contribution in [0.5, 0.6) is 0 Å². The number of amides is 5. The number of hydrogen-bond acceptors (Lipinski definition) is 5. The predicted molar refractivity (Wildman–Crippen MR) is 155 cm³/mol. The van der Waals surface area contributed by atoms with Crippen LogP contribution in [-0.2, 0) is 22.7 Å². The van der Waals surface area contributed by atoms with Crippen LogP contribution in [-0.4, -0.2) is 59.0 Å². The summed E-state index contributed by atoms with van der Waals surface area (Å²) in [6.45, 7) is -0.0879. The maximum atomic E-state index is 13.8. The zero-order valence-corrected chi connectivity index (χ0v) is 22.4. The molecule has 1 atom stereocenters. The van der Waals surface area contributed by atoms with Crippen molar-refractivity contribution >= 4 is 46.4 Å². The summed E-state index contributed by atoms with van der Waals surface area (Å²) < 4.78 is 0. The highest BCUT2D eigenvalue weighted by Gasteiger charge is 2.30. The van der Waals surface area contributed by atoms with E-state index in [9.17, 15) is 19.2 Å². The van der Waals surface area contributed by atoms with Gasteiger partial charge in [0.15, 0.2) is 5.96 Å². The number of anilines is 1. The first kappa shape index (κ1) is 30.2. The number of fused-ring (bicyclic) bond motifs is 1. The summed E-state index contributed by atoms with van der Waals surface area (Å²) in [7, 11) is 0. The third kappa shape index (κ3) is 9.42. The lowest BCUT2D eigenvalue weighted by Gasteiger charge is -2.31. The third-order valence-electron chi connectivity index (χ3n) is 6.20. The van der Waals surface area contributed by atoms with E-state index in [1.54, 1.807) is 30.3 Å². The van der Waals surface area contributed by atoms with Gasteiger partial charge in [0.05, 0.1) is 5.69 Å². The molecule has 0 aliphatic heterocycles. The van der Waals surface area contributed by atoms with E-state index in [1.807, 2.05) is 36.4 Å². The smallest absolute Gasteiger partial charge is 0.322 e. The van der Waals surface area contributed by atoms with Crippen LogP contribution in [0.15, 0.2) is 66.7 Å². The molecule has 0 saturated heterocycles. The van der Waals surface area contributed by atoms with Crippen molar-refractivity contribution in [3.63, 3.8) is 0 Å². The Morgan fingerprint density at radius 3 is 2.24 bits per heavy atom. The Morgan fingerprint density at radius 1 is 0.878 bits per heavy atom. The van der Waals surface area contributed by atoms with E-state index in [1.165, 1.54) is 4.90 Å². The summed E-state index contributed by atoms with van der Waals surface area (Å²) in [6.07, 6.45) is 0.524. The second-order valence-electron chi connectivity index (χ2n) is 9.23. The molecule has 10 N–H and O–H groups in total. The molecule has 0 unspecified atom stereocenters. The van der Waals surface area contributed by atoms with Gasteiger partial charge in [-0.15, -0.1) is 0 Å². The number of benzene rings is 3. The fraction of sp³-hybridized carbons (Fsp3) is 0.250. The van der Waals surface area contributed by atoms with Crippen LogP contribution in [0.4, 0.5) is 15.3 Å². The van der Waals surface area contributed by atoms with E-state index in [4.69, 9.17) is 22.0 Å². The van der Waals surface area contributed by atoms with Gasteiger partial charge in [0.25, 0.3) is 0 Å². The second-order valence-corrected chi connectivity index (χ2v) is 9.23. The molecule has 0 saturated carbocycles. The number of hydrogen-bond donors (Lipinski definition) is 8. The van der Waals surface area contributed by atoms with E-state index in [-0.39, 0.29) is 32.0 Å². The van der Waals surface area contributed by atoms with Gasteiger partial charge in [0.2, 0.25) is 5.91 Å². The molecular formula is C28H34N8O5. The highest BCUT2D eigenvalue weighted by molar-refractivity contribution is 6.02. The first-order valence-electron chi connectivity index (χ1n) is 12.9. The van der Waals surface area contributed by atoms with Gasteiger partial charge in [-0.3, -0.25) is 15.0 Å². The van der Waals surface area contributed by atoms with Crippen molar-refractivity contribution in [1.82, 2.24) is 20.9 Å². The van der Waals surface area contributed by atoms with E-state index >= 15 is 0 Å². The number of aliphatic carboxylic acids is 1. The van der Waals surface area contributed by atoms with Crippen molar-refractivity contribution in [1.29, 1.82) is 5.41 Å². The van der Waals surface area contributed by atoms with Crippen molar-refractivity contribution < 1.29 is 24.3 Å². The maximum absolute atomic E-state index is 13.8. The van der Waals surface area contributed by atoms with Crippen LogP contribution in [0.2, 0.25) is 0 Å². The van der Waals surface area contributed by atoms with Gasteiger partial charge in [0.1, 0.15) is 12.6 Å². The molecule has 0 aliphatic carbocycles. The topological polar surface area (TPSA) is 216 Å². The number of carboxylic acid groups (broad SMARTS) is 1. The van der Waals surface area contributed by atoms with Gasteiger partial charge < -0.3 is 42.7 Å². The Bertz CT molecular complexity index is 1390. The molecule has 13 heteroatoms. The molecule has 13 nitrogen and oxygen atoms in total. The lowest BCUT2D eigenvalue weighted by Crippen LogP contribution is -2.51. The molecule has 3 aromatic carbocycles. The summed E-state index contributed by atoms with van der Waals surface area (Å²) in [4.78, 5) is 50.6. The van der Waals surface area contributed by atoms with Crippen molar-refractivity contribution in [3.05, 3.63) is 77.9 Å². The average molecular weight is 563 g/mol. The van der Waals surface area contributed by atoms with Gasteiger partial charge in [-0.05, 0) is 35.4 Å². The largest absolute Gasteiger partial charge is 0.480 e. The maximum Gasteiger partial charge on any atom is 0.322 e. The number of primary amides is 1. The van der Waals surface area contributed by atoms with Crippen LogP contribution in [0.1, 0.15) is 24.0 Å². The van der Waals surface area contributed by atoms with Crippen molar-refractivity contribution in [2.45, 2.75) is 32.0 Å². The summed E-state index contributed by atoms with van der Waals surface area (Å²) in [5.41, 5.74) is 12.5. The number of nitrogens with two attached hydrogens (primary N) is 2.